The van der Waals surface area contributed by atoms with Gasteiger partial charge < -0.3 is 9.80 Å². The molecule has 1 aliphatic carbocycles. The van der Waals surface area contributed by atoms with E-state index in [0.29, 0.717) is 0 Å². The Bertz CT molecular complexity index is 3170. The van der Waals surface area contributed by atoms with E-state index >= 15 is 0 Å². The molecule has 2 nitrogen and oxygen atoms in total. The van der Waals surface area contributed by atoms with Gasteiger partial charge in [0.15, 0.2) is 0 Å². The molecule has 0 fully saturated rings. The summed E-state index contributed by atoms with van der Waals surface area (Å²) in [5.74, 6) is 7.19. The first-order valence-electron chi connectivity index (χ1n) is 22.2. The fourth-order valence-electron chi connectivity index (χ4n) is 9.67. The van der Waals surface area contributed by atoms with Crippen LogP contribution in [0.15, 0.2) is 267 Å². The van der Waals surface area contributed by atoms with E-state index in [1.54, 1.807) is 0 Å². The SMILES string of the molecule is C(#Cc1cc(N(c2ccccc2)c2ccccc2)ccc1-c1ccc2c(c1)C(c1ccccc1)(c1ccccc1)c1cc(N(c3ccccc3)c3ccccc3)ccc1-2)c1ccccc1. The molecule has 2 heteroatoms. The highest BCUT2D eigenvalue weighted by Crippen LogP contribution is 2.58. The summed E-state index contributed by atoms with van der Waals surface area (Å²) >= 11 is 0. The van der Waals surface area contributed by atoms with Crippen LogP contribution in [-0.2, 0) is 5.41 Å². The summed E-state index contributed by atoms with van der Waals surface area (Å²) in [6, 6.07) is 95.7. The molecule has 0 heterocycles. The van der Waals surface area contributed by atoms with Gasteiger partial charge in [0.05, 0.1) is 5.41 Å². The molecule has 0 saturated heterocycles. The van der Waals surface area contributed by atoms with Crippen molar-refractivity contribution in [2.45, 2.75) is 5.41 Å². The van der Waals surface area contributed by atoms with Gasteiger partial charge in [0.25, 0.3) is 0 Å². The van der Waals surface area contributed by atoms with Gasteiger partial charge in [-0.25, -0.2) is 0 Å². The van der Waals surface area contributed by atoms with Gasteiger partial charge in [-0.2, -0.15) is 0 Å². The lowest BCUT2D eigenvalue weighted by atomic mass is 9.67. The Morgan fingerprint density at radius 3 is 1.11 bits per heavy atom. The standard InChI is InChI=1S/C63H44N2/c1-8-22-47(23-9-1)36-37-48-44-56(64(52-28-14-4-15-29-52)53-30-16-5-17-31-53)39-42-58(48)49-38-41-59-60-43-40-57(65(54-32-18-6-19-33-54)55-34-20-7-21-35-55)46-62(60)63(61(59)45-49,50-24-10-2-11-25-50)51-26-12-3-13-27-51/h1-35,38-46H. The highest BCUT2D eigenvalue weighted by Gasteiger charge is 2.46. The normalized spacial score (nSPS) is 12.0. The van der Waals surface area contributed by atoms with Gasteiger partial charge >= 0.3 is 0 Å². The van der Waals surface area contributed by atoms with Crippen molar-refractivity contribution in [2.24, 2.45) is 0 Å². The van der Waals surface area contributed by atoms with Crippen LogP contribution in [-0.4, -0.2) is 0 Å². The number of hydrogen-bond donors (Lipinski definition) is 0. The fraction of sp³-hybridized carbons (Fsp3) is 0.0159. The van der Waals surface area contributed by atoms with Crippen LogP contribution in [0, 0.1) is 11.8 Å². The Balaban J connectivity index is 1.14. The maximum absolute atomic E-state index is 3.66. The van der Waals surface area contributed by atoms with E-state index in [1.807, 2.05) is 18.2 Å². The molecule has 0 radical (unpaired) electrons. The van der Waals surface area contributed by atoms with Crippen molar-refractivity contribution in [3.63, 3.8) is 0 Å². The highest BCUT2D eigenvalue weighted by molar-refractivity contribution is 5.92. The number of para-hydroxylation sites is 4. The van der Waals surface area contributed by atoms with Gasteiger partial charge in [-0.1, -0.05) is 188 Å². The van der Waals surface area contributed by atoms with Gasteiger partial charge in [0.2, 0.25) is 0 Å². The highest BCUT2D eigenvalue weighted by atomic mass is 15.1. The lowest BCUT2D eigenvalue weighted by molar-refractivity contribution is 0.768. The molecule has 0 aliphatic heterocycles. The summed E-state index contributed by atoms with van der Waals surface area (Å²) in [4.78, 5) is 4.67. The Morgan fingerprint density at radius 2 is 0.646 bits per heavy atom. The molecule has 10 aromatic carbocycles. The van der Waals surface area contributed by atoms with Crippen LogP contribution in [0.1, 0.15) is 33.4 Å². The summed E-state index contributed by atoms with van der Waals surface area (Å²) in [6.45, 7) is 0. The fourth-order valence-corrected chi connectivity index (χ4v) is 9.67. The Labute approximate surface area is 382 Å². The van der Waals surface area contributed by atoms with Crippen LogP contribution in [0.25, 0.3) is 22.3 Å². The zero-order valence-electron chi connectivity index (χ0n) is 35.8. The first-order valence-corrected chi connectivity index (χ1v) is 22.2. The van der Waals surface area contributed by atoms with Crippen molar-refractivity contribution < 1.29 is 0 Å². The monoisotopic (exact) mass is 828 g/mol. The molecule has 0 N–H and O–H groups in total. The third-order valence-corrected chi connectivity index (χ3v) is 12.5. The Morgan fingerprint density at radius 1 is 0.277 bits per heavy atom. The zero-order valence-corrected chi connectivity index (χ0v) is 35.8. The first kappa shape index (κ1) is 39.2. The van der Waals surface area contributed by atoms with Crippen molar-refractivity contribution in [3.05, 3.63) is 300 Å². The second-order valence-corrected chi connectivity index (χ2v) is 16.3. The van der Waals surface area contributed by atoms with Crippen LogP contribution in [0.3, 0.4) is 0 Å². The van der Waals surface area contributed by atoms with Gasteiger partial charge in [-0.15, -0.1) is 0 Å². The number of anilines is 6. The molecule has 11 rings (SSSR count). The summed E-state index contributed by atoms with van der Waals surface area (Å²) in [6.07, 6.45) is 0. The third-order valence-electron chi connectivity index (χ3n) is 12.5. The number of rotatable bonds is 9. The molecule has 0 saturated carbocycles. The van der Waals surface area contributed by atoms with Crippen LogP contribution in [0.2, 0.25) is 0 Å². The van der Waals surface area contributed by atoms with Crippen molar-refractivity contribution in [2.75, 3.05) is 9.80 Å². The average Bonchev–Trinajstić information content (AvgIpc) is 3.68. The van der Waals surface area contributed by atoms with Gasteiger partial charge in [0, 0.05) is 45.3 Å². The number of hydrogen-bond acceptors (Lipinski definition) is 2. The van der Waals surface area contributed by atoms with Crippen LogP contribution < -0.4 is 9.80 Å². The minimum atomic E-state index is -0.633. The molecule has 0 unspecified atom stereocenters. The lowest BCUT2D eigenvalue weighted by Crippen LogP contribution is -2.28. The number of nitrogens with zero attached hydrogens (tertiary/aromatic N) is 2. The van der Waals surface area contributed by atoms with E-state index in [2.05, 4.69) is 270 Å². The molecule has 0 aromatic heterocycles. The predicted molar refractivity (Wildman–Crippen MR) is 271 cm³/mol. The molecule has 306 valence electrons. The Hall–Kier alpha value is -8.64. The minimum absolute atomic E-state index is 0.633. The van der Waals surface area contributed by atoms with Crippen LogP contribution in [0.5, 0.6) is 0 Å². The zero-order chi connectivity index (χ0) is 43.4. The molecule has 0 atom stereocenters. The molecular formula is C63H44N2. The number of fused-ring (bicyclic) bond motifs is 3. The van der Waals surface area contributed by atoms with Crippen LogP contribution in [0.4, 0.5) is 34.1 Å². The predicted octanol–water partition coefficient (Wildman–Crippen LogP) is 16.1. The van der Waals surface area contributed by atoms with E-state index in [4.69, 9.17) is 0 Å². The first-order chi connectivity index (χ1) is 32.3. The van der Waals surface area contributed by atoms with E-state index in [0.717, 1.165) is 56.4 Å². The summed E-state index contributed by atoms with van der Waals surface area (Å²) in [7, 11) is 0. The average molecular weight is 829 g/mol. The topological polar surface area (TPSA) is 6.48 Å². The van der Waals surface area contributed by atoms with Gasteiger partial charge in [0.1, 0.15) is 0 Å². The van der Waals surface area contributed by atoms with Crippen molar-refractivity contribution in [1.29, 1.82) is 0 Å². The third kappa shape index (κ3) is 7.26. The molecule has 10 aromatic rings. The minimum Gasteiger partial charge on any atom is -0.310 e. The summed E-state index contributed by atoms with van der Waals surface area (Å²) in [5, 5.41) is 0. The number of benzene rings is 10. The lowest BCUT2D eigenvalue weighted by Gasteiger charge is -2.35. The maximum Gasteiger partial charge on any atom is 0.0714 e. The quantitative estimate of drug-likeness (QED) is 0.134. The molecule has 65 heavy (non-hydrogen) atoms. The smallest absolute Gasteiger partial charge is 0.0714 e. The second kappa shape index (κ2) is 17.3. The van der Waals surface area contributed by atoms with E-state index in [9.17, 15) is 0 Å². The van der Waals surface area contributed by atoms with Crippen molar-refractivity contribution in [3.8, 4) is 34.1 Å². The molecule has 0 spiro atoms. The van der Waals surface area contributed by atoms with E-state index in [1.165, 1.54) is 33.4 Å². The molecule has 1 aliphatic rings. The van der Waals surface area contributed by atoms with Crippen LogP contribution >= 0.6 is 0 Å². The van der Waals surface area contributed by atoms with E-state index < -0.39 is 5.41 Å². The van der Waals surface area contributed by atoms with Gasteiger partial charge in [-0.05, 0) is 136 Å². The maximum atomic E-state index is 3.66. The van der Waals surface area contributed by atoms with Crippen molar-refractivity contribution >= 4 is 34.1 Å². The summed E-state index contributed by atoms with van der Waals surface area (Å²) < 4.78 is 0. The van der Waals surface area contributed by atoms with E-state index in [-0.39, 0.29) is 0 Å². The Kier molecular flexibility index (Phi) is 10.4. The largest absolute Gasteiger partial charge is 0.310 e. The summed E-state index contributed by atoms with van der Waals surface area (Å²) in [5.41, 5.74) is 17.3. The molecule has 0 amide bonds. The van der Waals surface area contributed by atoms with Gasteiger partial charge in [-0.3, -0.25) is 0 Å². The van der Waals surface area contributed by atoms with Crippen molar-refractivity contribution in [1.82, 2.24) is 0 Å². The second-order valence-electron chi connectivity index (χ2n) is 16.3. The molecular weight excluding hydrogens is 785 g/mol. The molecule has 0 bridgehead atoms.